The molecular formula is C17H13P. The highest BCUT2D eigenvalue weighted by molar-refractivity contribution is 7.71. The number of hydrogen-bond acceptors (Lipinski definition) is 0. The highest BCUT2D eigenvalue weighted by atomic mass is 31.1. The molecule has 1 aliphatic heterocycles. The summed E-state index contributed by atoms with van der Waals surface area (Å²) in [6.45, 7) is 0. The van der Waals surface area contributed by atoms with Gasteiger partial charge in [0.05, 0.1) is 0 Å². The molecule has 0 nitrogen and oxygen atoms in total. The van der Waals surface area contributed by atoms with Crippen LogP contribution < -0.4 is 5.30 Å². The van der Waals surface area contributed by atoms with E-state index in [0.717, 1.165) is 0 Å². The maximum Gasteiger partial charge on any atom is -0.00545 e. The Balaban J connectivity index is 1.80. The van der Waals surface area contributed by atoms with Crippen LogP contribution in [0.4, 0.5) is 0 Å². The second-order valence-corrected chi connectivity index (χ2v) is 6.90. The summed E-state index contributed by atoms with van der Waals surface area (Å²) >= 11 is 0. The van der Waals surface area contributed by atoms with Crippen LogP contribution in [0.25, 0.3) is 11.6 Å². The molecule has 2 aliphatic rings. The molecule has 2 aromatic carbocycles. The van der Waals surface area contributed by atoms with Crippen molar-refractivity contribution in [3.8, 4) is 0 Å². The van der Waals surface area contributed by atoms with Crippen LogP contribution in [0.5, 0.6) is 0 Å². The van der Waals surface area contributed by atoms with Gasteiger partial charge in [0, 0.05) is 0 Å². The molecule has 0 N–H and O–H groups in total. The minimum absolute atomic E-state index is 0.158. The smallest absolute Gasteiger partial charge is 0.00545 e. The molecule has 0 bridgehead atoms. The highest BCUT2D eigenvalue weighted by Gasteiger charge is 2.29. The van der Waals surface area contributed by atoms with Crippen LogP contribution in [0.2, 0.25) is 0 Å². The van der Waals surface area contributed by atoms with Crippen LogP contribution in [0.1, 0.15) is 11.1 Å². The van der Waals surface area contributed by atoms with E-state index >= 15 is 0 Å². The Hall–Kier alpha value is -1.65. The molecule has 1 atom stereocenters. The molecule has 0 amide bonds. The third kappa shape index (κ3) is 1.43. The van der Waals surface area contributed by atoms with Crippen LogP contribution in [0, 0.1) is 0 Å². The summed E-state index contributed by atoms with van der Waals surface area (Å²) in [5.41, 5.74) is 4.30. The van der Waals surface area contributed by atoms with Gasteiger partial charge < -0.3 is 0 Å². The first-order chi connectivity index (χ1) is 8.93. The molecule has 0 saturated carbocycles. The van der Waals surface area contributed by atoms with Crippen molar-refractivity contribution in [2.45, 2.75) is 0 Å². The Morgan fingerprint density at radius 3 is 2.50 bits per heavy atom. The number of hydrogen-bond donors (Lipinski definition) is 0. The fourth-order valence-corrected chi connectivity index (χ4v) is 5.18. The lowest BCUT2D eigenvalue weighted by molar-refractivity contribution is 1.61. The Bertz CT molecular complexity index is 665. The molecule has 4 rings (SSSR count). The Morgan fingerprint density at radius 2 is 1.61 bits per heavy atom. The largest absolute Gasteiger partial charge is 0.0711 e. The Kier molecular flexibility index (Phi) is 2.25. The van der Waals surface area contributed by atoms with Gasteiger partial charge in [0.2, 0.25) is 0 Å². The molecule has 0 fully saturated rings. The van der Waals surface area contributed by atoms with E-state index in [1.54, 1.807) is 5.31 Å². The lowest BCUT2D eigenvalue weighted by atomic mass is 10.1. The van der Waals surface area contributed by atoms with Gasteiger partial charge in [-0.15, -0.1) is 0 Å². The molecule has 1 unspecified atom stereocenters. The maximum atomic E-state index is 2.43. The quantitative estimate of drug-likeness (QED) is 0.662. The van der Waals surface area contributed by atoms with Crippen molar-refractivity contribution >= 4 is 24.9 Å². The van der Waals surface area contributed by atoms with Crippen molar-refractivity contribution < 1.29 is 0 Å². The molecule has 1 heterocycles. The molecule has 1 aliphatic carbocycles. The lowest BCUT2D eigenvalue weighted by Gasteiger charge is -2.12. The van der Waals surface area contributed by atoms with Crippen LogP contribution in [0.15, 0.2) is 66.0 Å². The zero-order valence-electron chi connectivity index (χ0n) is 10.0. The molecule has 18 heavy (non-hydrogen) atoms. The van der Waals surface area contributed by atoms with Crippen LogP contribution >= 0.6 is 7.92 Å². The van der Waals surface area contributed by atoms with Crippen molar-refractivity contribution in [3.63, 3.8) is 0 Å². The zero-order chi connectivity index (χ0) is 11.9. The van der Waals surface area contributed by atoms with Crippen molar-refractivity contribution in [3.05, 3.63) is 77.1 Å². The molecular weight excluding hydrogens is 235 g/mol. The SMILES string of the molecule is C1=C2C(=Cc3ccccc32)P(c2ccccc2)C1. The molecule has 1 heteroatoms. The van der Waals surface area contributed by atoms with E-state index in [0.29, 0.717) is 0 Å². The van der Waals surface area contributed by atoms with Crippen LogP contribution in [0.3, 0.4) is 0 Å². The molecule has 86 valence electrons. The third-order valence-corrected chi connectivity index (χ3v) is 6.08. The predicted octanol–water partition coefficient (Wildman–Crippen LogP) is 4.25. The first kappa shape index (κ1) is 10.3. The van der Waals surface area contributed by atoms with Gasteiger partial charge in [-0.25, -0.2) is 0 Å². The maximum absolute atomic E-state index is 2.43. The van der Waals surface area contributed by atoms with Gasteiger partial charge in [0.15, 0.2) is 0 Å². The standard InChI is InChI=1S/C17H13P/c1-2-7-14(8-3-1)18-11-10-16-15-9-5-4-6-13(15)12-17(16)18/h1-10,12H,11H2. The first-order valence-electron chi connectivity index (χ1n) is 6.28. The average Bonchev–Trinajstić information content (AvgIpc) is 2.98. The highest BCUT2D eigenvalue weighted by Crippen LogP contribution is 2.59. The number of allylic oxidation sites excluding steroid dienone is 3. The van der Waals surface area contributed by atoms with E-state index in [1.165, 1.54) is 28.2 Å². The van der Waals surface area contributed by atoms with Crippen LogP contribution in [-0.4, -0.2) is 6.16 Å². The summed E-state index contributed by atoms with van der Waals surface area (Å²) in [6, 6.07) is 19.7. The summed E-state index contributed by atoms with van der Waals surface area (Å²) in [4.78, 5) is 0. The average molecular weight is 248 g/mol. The third-order valence-electron chi connectivity index (χ3n) is 3.66. The van der Waals surface area contributed by atoms with Crippen molar-refractivity contribution in [2.75, 3.05) is 6.16 Å². The van der Waals surface area contributed by atoms with Gasteiger partial charge in [0.25, 0.3) is 0 Å². The zero-order valence-corrected chi connectivity index (χ0v) is 10.9. The topological polar surface area (TPSA) is 0 Å². The number of fused-ring (bicyclic) bond motifs is 3. The minimum atomic E-state index is -0.158. The van der Waals surface area contributed by atoms with E-state index in [2.05, 4.69) is 66.7 Å². The van der Waals surface area contributed by atoms with E-state index in [4.69, 9.17) is 0 Å². The molecule has 0 radical (unpaired) electrons. The van der Waals surface area contributed by atoms with Gasteiger partial charge >= 0.3 is 0 Å². The van der Waals surface area contributed by atoms with E-state index in [9.17, 15) is 0 Å². The second-order valence-electron chi connectivity index (χ2n) is 4.68. The number of benzene rings is 2. The first-order valence-corrected chi connectivity index (χ1v) is 7.80. The van der Waals surface area contributed by atoms with Crippen LogP contribution in [-0.2, 0) is 0 Å². The summed E-state index contributed by atoms with van der Waals surface area (Å²) in [5, 5.41) is 3.07. The minimum Gasteiger partial charge on any atom is -0.0711 e. The van der Waals surface area contributed by atoms with E-state index in [1.807, 2.05) is 0 Å². The summed E-state index contributed by atoms with van der Waals surface area (Å²) in [5.74, 6) is 0. The van der Waals surface area contributed by atoms with Crippen molar-refractivity contribution in [1.29, 1.82) is 0 Å². The van der Waals surface area contributed by atoms with Gasteiger partial charge in [-0.3, -0.25) is 0 Å². The number of rotatable bonds is 1. The monoisotopic (exact) mass is 248 g/mol. The van der Waals surface area contributed by atoms with Gasteiger partial charge in [-0.2, -0.15) is 0 Å². The molecule has 2 aromatic rings. The van der Waals surface area contributed by atoms with Gasteiger partial charge in [-0.1, -0.05) is 60.7 Å². The summed E-state index contributed by atoms with van der Waals surface area (Å²) in [6.07, 6.45) is 6.03. The molecule has 0 saturated heterocycles. The van der Waals surface area contributed by atoms with E-state index in [-0.39, 0.29) is 7.92 Å². The molecule has 0 aromatic heterocycles. The second kappa shape index (κ2) is 3.93. The van der Waals surface area contributed by atoms with E-state index < -0.39 is 0 Å². The fraction of sp³-hybridized carbons (Fsp3) is 0.0588. The van der Waals surface area contributed by atoms with Crippen molar-refractivity contribution in [2.24, 2.45) is 0 Å². The van der Waals surface area contributed by atoms with Crippen molar-refractivity contribution in [1.82, 2.24) is 0 Å². The molecule has 0 spiro atoms. The lowest BCUT2D eigenvalue weighted by Crippen LogP contribution is -1.99. The summed E-state index contributed by atoms with van der Waals surface area (Å²) in [7, 11) is -0.158. The predicted molar refractivity (Wildman–Crippen MR) is 80.3 cm³/mol. The normalized spacial score (nSPS) is 20.1. The Morgan fingerprint density at radius 1 is 0.833 bits per heavy atom. The Labute approximate surface area is 108 Å². The fourth-order valence-electron chi connectivity index (χ4n) is 2.80. The van der Waals surface area contributed by atoms with Gasteiger partial charge in [-0.05, 0) is 47.5 Å². The summed E-state index contributed by atoms with van der Waals surface area (Å²) < 4.78 is 0. The van der Waals surface area contributed by atoms with Gasteiger partial charge in [0.1, 0.15) is 0 Å².